The first-order valence-corrected chi connectivity index (χ1v) is 5.05. The Morgan fingerprint density at radius 3 is 2.72 bits per heavy atom. The van der Waals surface area contributed by atoms with Gasteiger partial charge in [-0.05, 0) is 0 Å². The summed E-state index contributed by atoms with van der Waals surface area (Å²) in [5, 5.41) is 10.8. The predicted molar refractivity (Wildman–Crippen MR) is 62.1 cm³/mol. The van der Waals surface area contributed by atoms with Crippen LogP contribution in [0.1, 0.15) is 10.4 Å². The number of nitrogens with zero attached hydrogens (tertiary/aromatic N) is 2. The van der Waals surface area contributed by atoms with Crippen LogP contribution in [0.25, 0.3) is 11.3 Å². The average molecular weight is 268 g/mol. The number of primary amides is 1. The number of halogens is 1. The van der Waals surface area contributed by atoms with E-state index in [0.717, 1.165) is 12.5 Å². The van der Waals surface area contributed by atoms with Crippen molar-refractivity contribution >= 4 is 23.2 Å². The molecule has 1 aromatic carbocycles. The van der Waals surface area contributed by atoms with Gasteiger partial charge in [0.05, 0.1) is 21.7 Å². The smallest absolute Gasteiger partial charge is 0.271 e. The van der Waals surface area contributed by atoms with E-state index >= 15 is 0 Å². The van der Waals surface area contributed by atoms with Crippen molar-refractivity contribution in [3.8, 4) is 11.3 Å². The fourth-order valence-corrected chi connectivity index (χ4v) is 1.72. The Balaban J connectivity index is 2.72. The third-order valence-electron chi connectivity index (χ3n) is 2.23. The Kier molecular flexibility index (Phi) is 2.99. The fraction of sp³-hybridized carbons (Fsp3) is 0. The summed E-state index contributed by atoms with van der Waals surface area (Å²) in [6.07, 6.45) is 2.48. The minimum atomic E-state index is -0.857. The average Bonchev–Trinajstić information content (AvgIpc) is 2.81. The number of aromatic nitrogens is 1. The Labute approximate surface area is 105 Å². The molecule has 1 aromatic heterocycles. The summed E-state index contributed by atoms with van der Waals surface area (Å²) >= 11 is 5.96. The second-order valence-electron chi connectivity index (χ2n) is 3.34. The van der Waals surface area contributed by atoms with Gasteiger partial charge in [-0.2, -0.15) is 0 Å². The lowest BCUT2D eigenvalue weighted by Crippen LogP contribution is -2.12. The van der Waals surface area contributed by atoms with Crippen LogP contribution in [0.4, 0.5) is 5.69 Å². The molecule has 1 heterocycles. The van der Waals surface area contributed by atoms with Crippen LogP contribution in [0.2, 0.25) is 5.02 Å². The molecule has 92 valence electrons. The number of carbonyl (C=O) groups is 1. The second kappa shape index (κ2) is 4.46. The van der Waals surface area contributed by atoms with E-state index in [1.807, 2.05) is 0 Å². The molecule has 0 radical (unpaired) electrons. The number of benzene rings is 1. The number of non-ortho nitro benzene ring substituents is 1. The molecule has 0 aliphatic heterocycles. The molecule has 2 aromatic rings. The maximum absolute atomic E-state index is 11.2. The van der Waals surface area contributed by atoms with Gasteiger partial charge in [-0.15, -0.1) is 0 Å². The third kappa shape index (κ3) is 2.03. The van der Waals surface area contributed by atoms with Crippen LogP contribution in [-0.4, -0.2) is 15.8 Å². The lowest BCUT2D eigenvalue weighted by molar-refractivity contribution is -0.384. The van der Waals surface area contributed by atoms with Crippen molar-refractivity contribution in [1.82, 2.24) is 4.98 Å². The number of nitro groups is 1. The number of amides is 1. The molecule has 0 bridgehead atoms. The molecule has 18 heavy (non-hydrogen) atoms. The van der Waals surface area contributed by atoms with Crippen molar-refractivity contribution in [3.63, 3.8) is 0 Å². The number of nitrogens with two attached hydrogens (primary N) is 1. The summed E-state index contributed by atoms with van der Waals surface area (Å²) in [5.74, 6) is -0.643. The van der Waals surface area contributed by atoms with Gasteiger partial charge in [0.15, 0.2) is 12.2 Å². The number of hydrogen-bond acceptors (Lipinski definition) is 5. The van der Waals surface area contributed by atoms with Crippen molar-refractivity contribution in [3.05, 3.63) is 45.4 Å². The van der Waals surface area contributed by atoms with Gasteiger partial charge < -0.3 is 10.2 Å². The Bertz CT molecular complexity index is 624. The van der Waals surface area contributed by atoms with Crippen LogP contribution in [0.15, 0.2) is 29.1 Å². The van der Waals surface area contributed by atoms with E-state index in [9.17, 15) is 14.9 Å². The van der Waals surface area contributed by atoms with E-state index in [4.69, 9.17) is 21.8 Å². The highest BCUT2D eigenvalue weighted by Gasteiger charge is 2.20. The molecule has 2 N–H and O–H groups in total. The maximum Gasteiger partial charge on any atom is 0.271 e. The van der Waals surface area contributed by atoms with Crippen molar-refractivity contribution in [2.24, 2.45) is 5.73 Å². The molecule has 0 unspecified atom stereocenters. The van der Waals surface area contributed by atoms with Gasteiger partial charge in [-0.3, -0.25) is 14.9 Å². The van der Waals surface area contributed by atoms with Crippen LogP contribution in [0.3, 0.4) is 0 Å². The van der Waals surface area contributed by atoms with Crippen molar-refractivity contribution in [2.45, 2.75) is 0 Å². The van der Waals surface area contributed by atoms with Crippen molar-refractivity contribution in [2.75, 3.05) is 0 Å². The number of rotatable bonds is 3. The molecule has 8 heteroatoms. The highest BCUT2D eigenvalue weighted by atomic mass is 35.5. The number of oxazole rings is 1. The zero-order valence-electron chi connectivity index (χ0n) is 8.79. The SMILES string of the molecule is NC(=O)c1cc([N+](=O)[O-])cc(-c2cnco2)c1Cl. The number of carbonyl (C=O) groups excluding carboxylic acids is 1. The summed E-state index contributed by atoms with van der Waals surface area (Å²) in [6.45, 7) is 0. The van der Waals surface area contributed by atoms with Crippen LogP contribution >= 0.6 is 11.6 Å². The molecule has 7 nitrogen and oxygen atoms in total. The highest BCUT2D eigenvalue weighted by Crippen LogP contribution is 2.34. The first-order chi connectivity index (χ1) is 8.50. The Hall–Kier alpha value is -2.41. The molecule has 0 aliphatic rings. The van der Waals surface area contributed by atoms with Crippen molar-refractivity contribution < 1.29 is 14.1 Å². The van der Waals surface area contributed by atoms with Gasteiger partial charge in [0, 0.05) is 17.7 Å². The van der Waals surface area contributed by atoms with Gasteiger partial charge in [0.1, 0.15) is 0 Å². The Morgan fingerprint density at radius 1 is 1.50 bits per heavy atom. The first-order valence-electron chi connectivity index (χ1n) is 4.67. The summed E-state index contributed by atoms with van der Waals surface area (Å²) < 4.78 is 5.00. The molecular weight excluding hydrogens is 262 g/mol. The largest absolute Gasteiger partial charge is 0.443 e. The van der Waals surface area contributed by atoms with Gasteiger partial charge in [0.25, 0.3) is 5.69 Å². The monoisotopic (exact) mass is 267 g/mol. The fourth-order valence-electron chi connectivity index (χ4n) is 1.42. The van der Waals surface area contributed by atoms with Gasteiger partial charge in [-0.1, -0.05) is 11.6 Å². The maximum atomic E-state index is 11.2. The zero-order chi connectivity index (χ0) is 13.3. The quantitative estimate of drug-likeness (QED) is 0.675. The lowest BCUT2D eigenvalue weighted by atomic mass is 10.1. The molecule has 0 atom stereocenters. The molecule has 0 saturated carbocycles. The lowest BCUT2D eigenvalue weighted by Gasteiger charge is -2.05. The van der Waals surface area contributed by atoms with E-state index in [1.54, 1.807) is 0 Å². The van der Waals surface area contributed by atoms with E-state index in [0.29, 0.717) is 0 Å². The summed E-state index contributed by atoms with van der Waals surface area (Å²) in [4.78, 5) is 25.0. The van der Waals surface area contributed by atoms with Crippen LogP contribution < -0.4 is 5.73 Å². The van der Waals surface area contributed by atoms with Gasteiger partial charge in [-0.25, -0.2) is 4.98 Å². The minimum absolute atomic E-state index is 0.00940. The highest BCUT2D eigenvalue weighted by molar-refractivity contribution is 6.36. The van der Waals surface area contributed by atoms with Crippen LogP contribution in [0, 0.1) is 10.1 Å². The standard InChI is InChI=1S/C10H6ClN3O4/c11-9-6(8-3-13-4-18-8)1-5(14(16)17)2-7(9)10(12)15/h1-4H,(H2,12,15). The third-order valence-corrected chi connectivity index (χ3v) is 2.64. The van der Waals surface area contributed by atoms with Gasteiger partial charge in [0.2, 0.25) is 5.91 Å². The molecule has 0 spiro atoms. The summed E-state index contributed by atoms with van der Waals surface area (Å²) in [6, 6.07) is 2.21. The molecule has 2 rings (SSSR count). The second-order valence-corrected chi connectivity index (χ2v) is 3.72. The molecular formula is C10H6ClN3O4. The first kappa shape index (κ1) is 12.1. The molecule has 0 fully saturated rings. The van der Waals surface area contributed by atoms with E-state index < -0.39 is 10.8 Å². The van der Waals surface area contributed by atoms with Gasteiger partial charge >= 0.3 is 0 Å². The van der Waals surface area contributed by atoms with E-state index in [1.165, 1.54) is 12.3 Å². The van der Waals surface area contributed by atoms with Crippen molar-refractivity contribution in [1.29, 1.82) is 0 Å². The Morgan fingerprint density at radius 2 is 2.22 bits per heavy atom. The minimum Gasteiger partial charge on any atom is -0.443 e. The van der Waals surface area contributed by atoms with E-state index in [2.05, 4.69) is 4.98 Å². The molecule has 0 saturated heterocycles. The van der Waals surface area contributed by atoms with E-state index in [-0.39, 0.29) is 27.6 Å². The van der Waals surface area contributed by atoms with Crippen LogP contribution in [0.5, 0.6) is 0 Å². The number of hydrogen-bond donors (Lipinski definition) is 1. The summed E-state index contributed by atoms with van der Waals surface area (Å²) in [5.41, 5.74) is 4.86. The molecule has 1 amide bonds. The molecule has 0 aliphatic carbocycles. The predicted octanol–water partition coefficient (Wildman–Crippen LogP) is 2.00. The summed E-state index contributed by atoms with van der Waals surface area (Å²) in [7, 11) is 0. The van der Waals surface area contributed by atoms with Crippen LogP contribution in [-0.2, 0) is 0 Å². The zero-order valence-corrected chi connectivity index (χ0v) is 9.55. The number of nitro benzene ring substituents is 1. The topological polar surface area (TPSA) is 112 Å². The normalized spacial score (nSPS) is 10.3.